The first-order chi connectivity index (χ1) is 15.3. The summed E-state index contributed by atoms with van der Waals surface area (Å²) < 4.78 is 0. The third-order valence-corrected chi connectivity index (χ3v) is 5.51. The summed E-state index contributed by atoms with van der Waals surface area (Å²) in [4.78, 5) is 51.2. The molecule has 4 atom stereocenters. The summed E-state index contributed by atoms with van der Waals surface area (Å²) in [6.45, 7) is 6.59. The maximum absolute atomic E-state index is 13.3. The minimum Gasteiger partial charge on any atom is -0.391 e. The Balaban J connectivity index is 2.20. The van der Waals surface area contributed by atoms with Gasteiger partial charge in [-0.3, -0.25) is 19.2 Å². The molecular formula is C23H31N5O5. The molecule has 2 rings (SSSR count). The lowest BCUT2D eigenvalue weighted by Crippen LogP contribution is -2.58. The molecule has 1 aromatic carbocycles. The summed E-state index contributed by atoms with van der Waals surface area (Å²) in [6.07, 6.45) is -0.822. The first-order valence-corrected chi connectivity index (χ1v) is 10.7. The Morgan fingerprint density at radius 1 is 1.21 bits per heavy atom. The van der Waals surface area contributed by atoms with Crippen molar-refractivity contribution in [3.05, 3.63) is 35.4 Å². The molecular weight excluding hydrogens is 426 g/mol. The number of carbonyl (C=O) groups excluding carboxylic acids is 4. The average molecular weight is 458 g/mol. The molecule has 0 unspecified atom stereocenters. The molecule has 0 saturated carbocycles. The van der Waals surface area contributed by atoms with E-state index in [1.165, 1.54) is 11.8 Å². The van der Waals surface area contributed by atoms with Gasteiger partial charge in [-0.05, 0) is 23.1 Å². The van der Waals surface area contributed by atoms with Crippen molar-refractivity contribution in [3.8, 4) is 6.07 Å². The molecule has 0 radical (unpaired) electrons. The lowest BCUT2D eigenvalue weighted by molar-refractivity contribution is -0.144. The number of benzene rings is 1. The molecule has 0 aromatic heterocycles. The van der Waals surface area contributed by atoms with Crippen LogP contribution in [0.4, 0.5) is 0 Å². The molecule has 33 heavy (non-hydrogen) atoms. The van der Waals surface area contributed by atoms with E-state index < -0.39 is 47.4 Å². The number of likely N-dealkylation sites (tertiary alicyclic amines) is 1. The topological polar surface area (TPSA) is 166 Å². The Bertz CT molecular complexity index is 947. The van der Waals surface area contributed by atoms with Crippen LogP contribution in [0.5, 0.6) is 0 Å². The van der Waals surface area contributed by atoms with E-state index in [2.05, 4.69) is 10.6 Å². The molecule has 178 valence electrons. The van der Waals surface area contributed by atoms with Gasteiger partial charge in [0.1, 0.15) is 18.1 Å². The number of nitrogens with one attached hydrogen (secondary N) is 2. The highest BCUT2D eigenvalue weighted by atomic mass is 16.3. The fourth-order valence-electron chi connectivity index (χ4n) is 3.77. The Kier molecular flexibility index (Phi) is 8.17. The number of nitrogens with zero attached hydrogens (tertiary/aromatic N) is 2. The van der Waals surface area contributed by atoms with E-state index in [0.717, 1.165) is 0 Å². The van der Waals surface area contributed by atoms with Crippen LogP contribution >= 0.6 is 0 Å². The van der Waals surface area contributed by atoms with Crippen molar-refractivity contribution >= 4 is 23.6 Å². The number of nitriles is 1. The molecule has 1 aliphatic heterocycles. The normalized spacial score (nSPS) is 19.8. The highest BCUT2D eigenvalue weighted by Gasteiger charge is 2.44. The van der Waals surface area contributed by atoms with Gasteiger partial charge in [0.2, 0.25) is 23.6 Å². The van der Waals surface area contributed by atoms with Gasteiger partial charge in [-0.25, -0.2) is 0 Å². The van der Waals surface area contributed by atoms with Crippen molar-refractivity contribution in [2.24, 2.45) is 11.1 Å². The lowest BCUT2D eigenvalue weighted by Gasteiger charge is -2.35. The summed E-state index contributed by atoms with van der Waals surface area (Å²) in [7, 11) is 0. The SMILES string of the molecule is CC(=O)N[C@H](C(=O)N1C[C@H](O)C[C@H]1C(=O)N[C@H](Cc1ccc(C#N)cc1)C(N)=O)C(C)(C)C. The second-order valence-corrected chi connectivity index (χ2v) is 9.37. The van der Waals surface area contributed by atoms with Crippen LogP contribution in [0.25, 0.3) is 0 Å². The minimum atomic E-state index is -1.05. The van der Waals surface area contributed by atoms with Crippen LogP contribution in [0.3, 0.4) is 0 Å². The van der Waals surface area contributed by atoms with Crippen LogP contribution < -0.4 is 16.4 Å². The number of hydrogen-bond acceptors (Lipinski definition) is 6. The van der Waals surface area contributed by atoms with Crippen molar-refractivity contribution in [2.75, 3.05) is 6.54 Å². The van der Waals surface area contributed by atoms with Crippen molar-refractivity contribution in [1.82, 2.24) is 15.5 Å². The quantitative estimate of drug-likeness (QED) is 0.434. The maximum atomic E-state index is 13.3. The van der Waals surface area contributed by atoms with E-state index in [9.17, 15) is 24.3 Å². The van der Waals surface area contributed by atoms with E-state index in [1.807, 2.05) is 6.07 Å². The third-order valence-electron chi connectivity index (χ3n) is 5.51. The predicted molar refractivity (Wildman–Crippen MR) is 119 cm³/mol. The van der Waals surface area contributed by atoms with E-state index in [-0.39, 0.29) is 25.3 Å². The lowest BCUT2D eigenvalue weighted by atomic mass is 9.85. The number of hydrogen-bond donors (Lipinski definition) is 4. The van der Waals surface area contributed by atoms with Gasteiger partial charge >= 0.3 is 0 Å². The van der Waals surface area contributed by atoms with Crippen LogP contribution in [0, 0.1) is 16.7 Å². The minimum absolute atomic E-state index is 0.00312. The molecule has 1 aromatic rings. The standard InChI is InChI=1S/C23H31N5O5/c1-13(29)26-19(23(2,3)4)22(33)28-12-16(30)10-18(28)21(32)27-17(20(25)31)9-14-5-7-15(11-24)8-6-14/h5-8,16-19,30H,9-10,12H2,1-4H3,(H2,25,31)(H,26,29)(H,27,32)/t16-,17-,18+,19-/m1/s1. The first-order valence-electron chi connectivity index (χ1n) is 10.7. The van der Waals surface area contributed by atoms with Gasteiger partial charge in [0.05, 0.1) is 17.7 Å². The smallest absolute Gasteiger partial charge is 0.246 e. The molecule has 1 heterocycles. The summed E-state index contributed by atoms with van der Waals surface area (Å²) in [6, 6.07) is 5.55. The van der Waals surface area contributed by atoms with Crippen LogP contribution in [-0.2, 0) is 25.6 Å². The molecule has 0 spiro atoms. The highest BCUT2D eigenvalue weighted by Crippen LogP contribution is 2.26. The number of nitrogens with two attached hydrogens (primary N) is 1. The summed E-state index contributed by atoms with van der Waals surface area (Å²) in [5.41, 5.74) is 6.00. The molecule has 0 bridgehead atoms. The van der Waals surface area contributed by atoms with Crippen LogP contribution in [-0.4, -0.2) is 64.4 Å². The van der Waals surface area contributed by atoms with Crippen molar-refractivity contribution in [2.45, 2.75) is 64.8 Å². The second kappa shape index (κ2) is 10.4. The molecule has 5 N–H and O–H groups in total. The summed E-state index contributed by atoms with van der Waals surface area (Å²) >= 11 is 0. The van der Waals surface area contributed by atoms with Crippen molar-refractivity contribution < 1.29 is 24.3 Å². The zero-order chi connectivity index (χ0) is 24.9. The van der Waals surface area contributed by atoms with Crippen LogP contribution in [0.1, 0.15) is 45.2 Å². The Morgan fingerprint density at radius 2 is 1.82 bits per heavy atom. The van der Waals surface area contributed by atoms with Gasteiger partial charge < -0.3 is 26.4 Å². The Hall–Kier alpha value is -3.45. The number of primary amides is 1. The maximum Gasteiger partial charge on any atom is 0.246 e. The third kappa shape index (κ3) is 6.76. The second-order valence-electron chi connectivity index (χ2n) is 9.37. The molecule has 4 amide bonds. The van der Waals surface area contributed by atoms with Crippen LogP contribution in [0.2, 0.25) is 0 Å². The number of rotatable bonds is 7. The van der Waals surface area contributed by atoms with Crippen LogP contribution in [0.15, 0.2) is 24.3 Å². The Morgan fingerprint density at radius 3 is 2.30 bits per heavy atom. The van der Waals surface area contributed by atoms with E-state index >= 15 is 0 Å². The van der Waals surface area contributed by atoms with E-state index in [0.29, 0.717) is 11.1 Å². The number of β-amino-alcohol motifs (C(OH)–C–C–N with tert-alkyl or cyclic N) is 1. The number of aliphatic hydroxyl groups excluding tert-OH is 1. The molecule has 10 nitrogen and oxygen atoms in total. The van der Waals surface area contributed by atoms with Gasteiger partial charge in [-0.2, -0.15) is 5.26 Å². The van der Waals surface area contributed by atoms with E-state index in [4.69, 9.17) is 11.0 Å². The molecule has 1 aliphatic rings. The first kappa shape index (κ1) is 25.8. The Labute approximate surface area is 193 Å². The number of amides is 4. The van der Waals surface area contributed by atoms with Gasteiger partial charge in [-0.1, -0.05) is 32.9 Å². The monoisotopic (exact) mass is 457 g/mol. The fraction of sp³-hybridized carbons (Fsp3) is 0.522. The zero-order valence-corrected chi connectivity index (χ0v) is 19.3. The zero-order valence-electron chi connectivity index (χ0n) is 19.3. The number of carbonyl (C=O) groups is 4. The molecule has 1 fully saturated rings. The number of aliphatic hydroxyl groups is 1. The molecule has 0 aliphatic carbocycles. The van der Waals surface area contributed by atoms with Gasteiger partial charge in [0, 0.05) is 26.3 Å². The summed E-state index contributed by atoms with van der Waals surface area (Å²) in [5, 5.41) is 24.3. The highest BCUT2D eigenvalue weighted by molar-refractivity contribution is 5.94. The average Bonchev–Trinajstić information content (AvgIpc) is 3.12. The van der Waals surface area contributed by atoms with Gasteiger partial charge in [-0.15, -0.1) is 0 Å². The van der Waals surface area contributed by atoms with E-state index in [1.54, 1.807) is 45.0 Å². The van der Waals surface area contributed by atoms with Gasteiger partial charge in [0.15, 0.2) is 0 Å². The molecule has 1 saturated heterocycles. The van der Waals surface area contributed by atoms with Gasteiger partial charge in [0.25, 0.3) is 0 Å². The largest absolute Gasteiger partial charge is 0.391 e. The predicted octanol–water partition coefficient (Wildman–Crippen LogP) is -0.417. The molecule has 10 heteroatoms. The van der Waals surface area contributed by atoms with Crippen molar-refractivity contribution in [1.29, 1.82) is 5.26 Å². The summed E-state index contributed by atoms with van der Waals surface area (Å²) in [5.74, 6) is -2.25. The van der Waals surface area contributed by atoms with Crippen molar-refractivity contribution in [3.63, 3.8) is 0 Å². The fourth-order valence-corrected chi connectivity index (χ4v) is 3.77.